The number of rotatable bonds is 2. The number of fused-ring (bicyclic) bond motifs is 11. The summed E-state index contributed by atoms with van der Waals surface area (Å²) in [6.07, 6.45) is 3.54. The highest BCUT2D eigenvalue weighted by molar-refractivity contribution is 7.26. The molecule has 3 heteroatoms. The average molecular weight is 650 g/mol. The molecule has 6 aromatic carbocycles. The van der Waals surface area contributed by atoms with Gasteiger partial charge in [0.05, 0.1) is 0 Å². The number of allylic oxidation sites excluding steroid dienone is 4. The van der Waals surface area contributed by atoms with Crippen molar-refractivity contribution in [2.45, 2.75) is 31.6 Å². The molecular weight excluding hydrogens is 619 g/mol. The number of thiophene rings is 2. The summed E-state index contributed by atoms with van der Waals surface area (Å²) in [5.74, 6) is 0.295. The summed E-state index contributed by atoms with van der Waals surface area (Å²) in [4.78, 5) is 2.60. The van der Waals surface area contributed by atoms with Crippen molar-refractivity contribution in [1.82, 2.24) is 0 Å². The highest BCUT2D eigenvalue weighted by Gasteiger charge is 2.47. The number of nitrogens with zero attached hydrogens (tertiary/aromatic N) is 1. The minimum Gasteiger partial charge on any atom is -0.313 e. The first-order valence-electron chi connectivity index (χ1n) is 16.8. The third-order valence-electron chi connectivity index (χ3n) is 11.2. The Labute approximate surface area is 287 Å². The molecule has 1 atom stereocenters. The summed E-state index contributed by atoms with van der Waals surface area (Å²) < 4.78 is 5.43. The molecule has 0 fully saturated rings. The van der Waals surface area contributed by atoms with E-state index in [1.165, 1.54) is 96.4 Å². The first-order valence-corrected chi connectivity index (χ1v) is 18.5. The lowest BCUT2D eigenvalue weighted by atomic mass is 9.68. The van der Waals surface area contributed by atoms with Gasteiger partial charge in [0.15, 0.2) is 0 Å². The van der Waals surface area contributed by atoms with E-state index in [2.05, 4.69) is 152 Å². The van der Waals surface area contributed by atoms with Gasteiger partial charge in [0.2, 0.25) is 0 Å². The van der Waals surface area contributed by atoms with Crippen molar-refractivity contribution in [3.8, 4) is 11.1 Å². The molecule has 228 valence electrons. The molecule has 2 aliphatic heterocycles. The van der Waals surface area contributed by atoms with E-state index >= 15 is 0 Å². The first kappa shape index (κ1) is 27.0. The van der Waals surface area contributed by atoms with Gasteiger partial charge >= 0.3 is 0 Å². The molecule has 3 aliphatic rings. The Bertz CT molecular complexity index is 2750. The van der Waals surface area contributed by atoms with Crippen molar-refractivity contribution < 1.29 is 0 Å². The van der Waals surface area contributed by atoms with Crippen LogP contribution in [0.3, 0.4) is 0 Å². The zero-order chi connectivity index (χ0) is 31.7. The Hall–Kier alpha value is -4.96. The van der Waals surface area contributed by atoms with Crippen LogP contribution in [0.5, 0.6) is 0 Å². The van der Waals surface area contributed by atoms with Crippen molar-refractivity contribution in [3.63, 3.8) is 0 Å². The molecular formula is C45H31NS2. The van der Waals surface area contributed by atoms with Gasteiger partial charge in [-0.2, -0.15) is 0 Å². The van der Waals surface area contributed by atoms with Crippen molar-refractivity contribution in [1.29, 1.82) is 0 Å². The summed E-state index contributed by atoms with van der Waals surface area (Å²) in [5.41, 5.74) is 13.7. The van der Waals surface area contributed by atoms with E-state index in [0.29, 0.717) is 5.92 Å². The SMILES string of the molecule is CC1(C)C2=C3C(CC(c4ccc5sc6ccccc6c5c4)=C2)c2cc(-c4ccc5sc6ccccc6c5c4)ccc2N3c2ccccc21. The molecule has 0 radical (unpaired) electrons. The van der Waals surface area contributed by atoms with E-state index in [1.54, 1.807) is 0 Å². The van der Waals surface area contributed by atoms with Crippen LogP contribution >= 0.6 is 22.7 Å². The predicted octanol–water partition coefficient (Wildman–Crippen LogP) is 13.4. The minimum atomic E-state index is -0.110. The van der Waals surface area contributed by atoms with Crippen molar-refractivity contribution >= 4 is 80.0 Å². The van der Waals surface area contributed by atoms with Gasteiger partial charge < -0.3 is 4.90 Å². The van der Waals surface area contributed by atoms with Gasteiger partial charge in [-0.3, -0.25) is 0 Å². The van der Waals surface area contributed by atoms with Crippen LogP contribution in [0.4, 0.5) is 11.4 Å². The summed E-state index contributed by atoms with van der Waals surface area (Å²) >= 11 is 3.78. The second kappa shape index (κ2) is 9.56. The van der Waals surface area contributed by atoms with Gasteiger partial charge in [0, 0.05) is 68.7 Å². The molecule has 8 aromatic rings. The summed E-state index contributed by atoms with van der Waals surface area (Å²) in [6, 6.07) is 48.2. The Balaban J connectivity index is 1.11. The third-order valence-corrected chi connectivity index (χ3v) is 13.5. The van der Waals surface area contributed by atoms with Gasteiger partial charge in [-0.05, 0) is 100.0 Å². The molecule has 0 amide bonds. The summed E-state index contributed by atoms with van der Waals surface area (Å²) in [6.45, 7) is 4.85. The molecule has 2 aromatic heterocycles. The average Bonchev–Trinajstić information content (AvgIpc) is 3.79. The highest BCUT2D eigenvalue weighted by atomic mass is 32.1. The summed E-state index contributed by atoms with van der Waals surface area (Å²) in [5, 5.41) is 5.43. The van der Waals surface area contributed by atoms with E-state index in [1.807, 2.05) is 22.7 Å². The molecule has 0 bridgehead atoms. The number of anilines is 2. The molecule has 0 saturated heterocycles. The smallest absolute Gasteiger partial charge is 0.0499 e. The van der Waals surface area contributed by atoms with Gasteiger partial charge in [0.25, 0.3) is 0 Å². The van der Waals surface area contributed by atoms with Crippen molar-refractivity contribution in [2.24, 2.45) is 0 Å². The van der Waals surface area contributed by atoms with E-state index in [-0.39, 0.29) is 5.41 Å². The fourth-order valence-electron chi connectivity index (χ4n) is 8.83. The molecule has 0 spiro atoms. The van der Waals surface area contributed by atoms with Crippen molar-refractivity contribution in [3.05, 3.63) is 161 Å². The zero-order valence-electron chi connectivity index (χ0n) is 26.7. The topological polar surface area (TPSA) is 3.24 Å². The van der Waals surface area contributed by atoms with Gasteiger partial charge in [-0.25, -0.2) is 0 Å². The maximum Gasteiger partial charge on any atom is 0.0499 e. The van der Waals surface area contributed by atoms with Gasteiger partial charge in [0.1, 0.15) is 0 Å². The van der Waals surface area contributed by atoms with Crippen LogP contribution in [0.15, 0.2) is 145 Å². The third kappa shape index (κ3) is 3.61. The molecule has 1 aliphatic carbocycles. The lowest BCUT2D eigenvalue weighted by Crippen LogP contribution is -2.34. The number of benzene rings is 6. The van der Waals surface area contributed by atoms with Crippen LogP contribution in [0.25, 0.3) is 57.0 Å². The number of hydrogen-bond acceptors (Lipinski definition) is 3. The maximum absolute atomic E-state index is 2.60. The normalized spacial score (nSPS) is 17.7. The van der Waals surface area contributed by atoms with Crippen LogP contribution < -0.4 is 4.90 Å². The first-order chi connectivity index (χ1) is 23.5. The fraction of sp³-hybridized carbons (Fsp3) is 0.111. The van der Waals surface area contributed by atoms with Crippen LogP contribution in [0, 0.1) is 0 Å². The van der Waals surface area contributed by atoms with Crippen LogP contribution in [-0.4, -0.2) is 0 Å². The molecule has 48 heavy (non-hydrogen) atoms. The van der Waals surface area contributed by atoms with Crippen LogP contribution in [-0.2, 0) is 5.41 Å². The largest absolute Gasteiger partial charge is 0.313 e. The Morgan fingerprint density at radius 2 is 1.15 bits per heavy atom. The maximum atomic E-state index is 2.60. The number of para-hydroxylation sites is 1. The number of hydrogen-bond donors (Lipinski definition) is 0. The molecule has 0 saturated carbocycles. The van der Waals surface area contributed by atoms with Crippen LogP contribution in [0.2, 0.25) is 0 Å². The second-order valence-electron chi connectivity index (χ2n) is 14.1. The molecule has 1 unspecified atom stereocenters. The lowest BCUT2D eigenvalue weighted by molar-refractivity contribution is 0.600. The molecule has 4 heterocycles. The lowest BCUT2D eigenvalue weighted by Gasteiger charge is -2.43. The van der Waals surface area contributed by atoms with E-state index in [0.717, 1.165) is 6.42 Å². The fourth-order valence-corrected chi connectivity index (χ4v) is 11.0. The molecule has 1 nitrogen and oxygen atoms in total. The Morgan fingerprint density at radius 3 is 1.90 bits per heavy atom. The Morgan fingerprint density at radius 1 is 0.562 bits per heavy atom. The Kier molecular flexibility index (Phi) is 5.39. The predicted molar refractivity (Wildman–Crippen MR) is 208 cm³/mol. The summed E-state index contributed by atoms with van der Waals surface area (Å²) in [7, 11) is 0. The van der Waals surface area contributed by atoms with E-state index < -0.39 is 0 Å². The van der Waals surface area contributed by atoms with E-state index in [4.69, 9.17) is 0 Å². The standard InChI is InChI=1S/C45H31NS2/c1-45(2)36-11-5-6-12-39(36)46-38-18-15-26(27-16-19-42-33(22-27)30-9-3-7-13-40(30)47-42)21-32(38)35-24-29(25-37(45)44(35)46)28-17-20-43-34(23-28)31-10-4-8-14-41(31)48-43/h3-23,25,35H,24H2,1-2H3. The quantitative estimate of drug-likeness (QED) is 0.180. The van der Waals surface area contributed by atoms with Crippen LogP contribution in [0.1, 0.15) is 42.9 Å². The minimum absolute atomic E-state index is 0.110. The van der Waals surface area contributed by atoms with Gasteiger partial charge in [-0.15, -0.1) is 22.7 Å². The molecule has 11 rings (SSSR count). The van der Waals surface area contributed by atoms with E-state index in [9.17, 15) is 0 Å². The second-order valence-corrected chi connectivity index (χ2v) is 16.3. The zero-order valence-corrected chi connectivity index (χ0v) is 28.4. The van der Waals surface area contributed by atoms with Crippen molar-refractivity contribution in [2.75, 3.05) is 4.90 Å². The monoisotopic (exact) mass is 649 g/mol. The highest BCUT2D eigenvalue weighted by Crippen LogP contribution is 2.61. The van der Waals surface area contributed by atoms with Gasteiger partial charge in [-0.1, -0.05) is 92.7 Å². The molecule has 0 N–H and O–H groups in total.